The predicted octanol–water partition coefficient (Wildman–Crippen LogP) is 4.98. The van der Waals surface area contributed by atoms with Gasteiger partial charge in [0.15, 0.2) is 0 Å². The van der Waals surface area contributed by atoms with E-state index >= 15 is 0 Å². The summed E-state index contributed by atoms with van der Waals surface area (Å²) in [6.45, 7) is 0.793. The Morgan fingerprint density at radius 3 is 2.47 bits per heavy atom. The maximum absolute atomic E-state index is 13.0. The molecule has 0 bridgehead atoms. The molecule has 4 rings (SSSR count). The third-order valence-electron chi connectivity index (χ3n) is 5.11. The van der Waals surface area contributed by atoms with Crippen molar-refractivity contribution in [2.45, 2.75) is 13.1 Å². The van der Waals surface area contributed by atoms with Gasteiger partial charge in [-0.2, -0.15) is 0 Å². The topological polar surface area (TPSA) is 42.3 Å². The molecular weight excluding hydrogens is 396 g/mol. The number of pyridine rings is 1. The second-order valence-corrected chi connectivity index (χ2v) is 7.73. The normalized spacial score (nSPS) is 10.9. The lowest BCUT2D eigenvalue weighted by atomic mass is 10.1. The molecule has 1 heterocycles. The first kappa shape index (κ1) is 19.9. The van der Waals surface area contributed by atoms with E-state index in [-0.39, 0.29) is 11.5 Å². The largest absolute Gasteiger partial charge is 0.337 e. The Morgan fingerprint density at radius 2 is 1.67 bits per heavy atom. The first-order chi connectivity index (χ1) is 14.5. The number of hydrogen-bond donors (Lipinski definition) is 0. The van der Waals surface area contributed by atoms with Crippen molar-refractivity contribution in [3.63, 3.8) is 0 Å². The van der Waals surface area contributed by atoms with Crippen LogP contribution in [0.5, 0.6) is 0 Å². The highest BCUT2D eigenvalue weighted by Crippen LogP contribution is 2.18. The molecular formula is C25H21ClN2O2. The van der Waals surface area contributed by atoms with Crippen LogP contribution in [0.15, 0.2) is 89.9 Å². The lowest BCUT2D eigenvalue weighted by Gasteiger charge is -2.18. The fourth-order valence-electron chi connectivity index (χ4n) is 3.49. The highest BCUT2D eigenvalue weighted by molar-refractivity contribution is 6.31. The van der Waals surface area contributed by atoms with Gasteiger partial charge in [-0.3, -0.25) is 9.59 Å². The van der Waals surface area contributed by atoms with Gasteiger partial charge in [0, 0.05) is 30.9 Å². The molecule has 5 heteroatoms. The van der Waals surface area contributed by atoms with Crippen LogP contribution in [-0.2, 0) is 13.1 Å². The van der Waals surface area contributed by atoms with Crippen LogP contribution in [0, 0.1) is 0 Å². The van der Waals surface area contributed by atoms with E-state index < -0.39 is 0 Å². The zero-order chi connectivity index (χ0) is 21.1. The molecule has 150 valence electrons. The molecule has 1 amide bonds. The van der Waals surface area contributed by atoms with Crippen molar-refractivity contribution in [2.24, 2.45) is 0 Å². The molecule has 0 fully saturated rings. The lowest BCUT2D eigenvalue weighted by molar-refractivity contribution is 0.0784. The molecule has 0 saturated carbocycles. The minimum atomic E-state index is -0.177. The van der Waals surface area contributed by atoms with Crippen LogP contribution >= 0.6 is 11.6 Å². The van der Waals surface area contributed by atoms with Gasteiger partial charge in [0.1, 0.15) is 0 Å². The Balaban J connectivity index is 1.54. The van der Waals surface area contributed by atoms with Gasteiger partial charge in [-0.05, 0) is 40.1 Å². The zero-order valence-electron chi connectivity index (χ0n) is 16.6. The Hall–Kier alpha value is -3.37. The van der Waals surface area contributed by atoms with Gasteiger partial charge in [0.2, 0.25) is 0 Å². The van der Waals surface area contributed by atoms with Crippen molar-refractivity contribution in [1.29, 1.82) is 0 Å². The summed E-state index contributed by atoms with van der Waals surface area (Å²) in [6.07, 6.45) is 1.60. The maximum atomic E-state index is 13.0. The smallest absolute Gasteiger partial charge is 0.255 e. The molecule has 0 aliphatic rings. The van der Waals surface area contributed by atoms with Crippen molar-refractivity contribution in [3.8, 4) is 0 Å². The Labute approximate surface area is 180 Å². The van der Waals surface area contributed by atoms with E-state index in [4.69, 9.17) is 11.6 Å². The molecule has 0 unspecified atom stereocenters. The van der Waals surface area contributed by atoms with Crippen molar-refractivity contribution >= 4 is 28.3 Å². The molecule has 4 nitrogen and oxygen atoms in total. The molecule has 0 spiro atoms. The van der Waals surface area contributed by atoms with Gasteiger partial charge in [-0.15, -0.1) is 0 Å². The average Bonchev–Trinajstić information content (AvgIpc) is 2.76. The van der Waals surface area contributed by atoms with E-state index in [9.17, 15) is 9.59 Å². The van der Waals surface area contributed by atoms with Crippen LogP contribution < -0.4 is 5.56 Å². The fourth-order valence-corrected chi connectivity index (χ4v) is 3.69. The summed E-state index contributed by atoms with van der Waals surface area (Å²) in [5.41, 5.74) is 2.16. The molecule has 0 aliphatic heterocycles. The van der Waals surface area contributed by atoms with Crippen LogP contribution in [0.2, 0.25) is 5.02 Å². The van der Waals surface area contributed by atoms with Crippen molar-refractivity contribution in [3.05, 3.63) is 117 Å². The molecule has 4 aromatic rings. The monoisotopic (exact) mass is 416 g/mol. The summed E-state index contributed by atoms with van der Waals surface area (Å²) in [5.74, 6) is -0.143. The number of rotatable bonds is 5. The number of aromatic nitrogens is 1. The SMILES string of the molecule is CN(Cc1ccc2ccccc2c1)C(=O)c1ccc(=O)n(Cc2ccccc2Cl)c1. The second-order valence-electron chi connectivity index (χ2n) is 7.32. The van der Waals surface area contributed by atoms with Gasteiger partial charge in [0.05, 0.1) is 12.1 Å². The van der Waals surface area contributed by atoms with Gasteiger partial charge in [0.25, 0.3) is 11.5 Å². The minimum Gasteiger partial charge on any atom is -0.337 e. The summed E-state index contributed by atoms with van der Waals surface area (Å²) < 4.78 is 1.51. The van der Waals surface area contributed by atoms with Gasteiger partial charge in [-0.1, -0.05) is 66.2 Å². The fraction of sp³-hybridized carbons (Fsp3) is 0.120. The number of amides is 1. The van der Waals surface area contributed by atoms with Gasteiger partial charge < -0.3 is 9.47 Å². The molecule has 0 N–H and O–H groups in total. The van der Waals surface area contributed by atoms with Crippen LogP contribution in [0.25, 0.3) is 10.8 Å². The van der Waals surface area contributed by atoms with E-state index in [0.29, 0.717) is 23.7 Å². The molecule has 1 aromatic heterocycles. The van der Waals surface area contributed by atoms with E-state index in [1.165, 1.54) is 16.0 Å². The third kappa shape index (κ3) is 4.29. The van der Waals surface area contributed by atoms with E-state index in [1.54, 1.807) is 30.3 Å². The number of fused-ring (bicyclic) bond motifs is 1. The maximum Gasteiger partial charge on any atom is 0.255 e. The first-order valence-electron chi connectivity index (χ1n) is 9.68. The minimum absolute atomic E-state index is 0.143. The van der Waals surface area contributed by atoms with E-state index in [2.05, 4.69) is 24.3 Å². The third-order valence-corrected chi connectivity index (χ3v) is 5.48. The van der Waals surface area contributed by atoms with Crippen LogP contribution in [-0.4, -0.2) is 22.4 Å². The van der Waals surface area contributed by atoms with E-state index in [0.717, 1.165) is 16.5 Å². The summed E-state index contributed by atoms with van der Waals surface area (Å²) >= 11 is 6.22. The van der Waals surface area contributed by atoms with Crippen molar-refractivity contribution in [2.75, 3.05) is 7.05 Å². The number of nitrogens with zero attached hydrogens (tertiary/aromatic N) is 2. The molecule has 0 saturated heterocycles. The average molecular weight is 417 g/mol. The highest BCUT2D eigenvalue weighted by atomic mass is 35.5. The van der Waals surface area contributed by atoms with Crippen LogP contribution in [0.1, 0.15) is 21.5 Å². The van der Waals surface area contributed by atoms with E-state index in [1.807, 2.05) is 36.4 Å². The standard InChI is InChI=1S/C25H21ClN2O2/c1-27(15-18-10-11-19-6-2-3-7-20(19)14-18)25(30)22-12-13-24(29)28(17-22)16-21-8-4-5-9-23(21)26/h2-14,17H,15-16H2,1H3. The number of carbonyl (C=O) groups excluding carboxylic acids is 1. The Bertz CT molecular complexity index is 1280. The molecule has 0 radical (unpaired) electrons. The zero-order valence-corrected chi connectivity index (χ0v) is 17.3. The highest BCUT2D eigenvalue weighted by Gasteiger charge is 2.14. The predicted molar refractivity (Wildman–Crippen MR) is 121 cm³/mol. The summed E-state index contributed by atoms with van der Waals surface area (Å²) in [7, 11) is 1.76. The van der Waals surface area contributed by atoms with Gasteiger partial charge >= 0.3 is 0 Å². The Kier molecular flexibility index (Phi) is 5.68. The summed E-state index contributed by atoms with van der Waals surface area (Å²) in [4.78, 5) is 26.9. The second kappa shape index (κ2) is 8.56. The molecule has 0 aliphatic carbocycles. The number of benzene rings is 3. The molecule has 30 heavy (non-hydrogen) atoms. The number of hydrogen-bond acceptors (Lipinski definition) is 2. The summed E-state index contributed by atoms with van der Waals surface area (Å²) in [6, 6.07) is 24.7. The Morgan fingerprint density at radius 1 is 0.933 bits per heavy atom. The molecule has 3 aromatic carbocycles. The van der Waals surface area contributed by atoms with Crippen LogP contribution in [0.4, 0.5) is 0 Å². The lowest BCUT2D eigenvalue weighted by Crippen LogP contribution is -2.28. The first-order valence-corrected chi connectivity index (χ1v) is 10.1. The quantitative estimate of drug-likeness (QED) is 0.460. The van der Waals surface area contributed by atoms with Crippen LogP contribution in [0.3, 0.4) is 0 Å². The van der Waals surface area contributed by atoms with Gasteiger partial charge in [-0.25, -0.2) is 0 Å². The number of carbonyl (C=O) groups is 1. The summed E-state index contributed by atoms with van der Waals surface area (Å²) in [5, 5.41) is 2.90. The molecule has 0 atom stereocenters. The van der Waals surface area contributed by atoms with Crippen molar-refractivity contribution < 1.29 is 4.79 Å². The number of halogens is 1. The van der Waals surface area contributed by atoms with Crippen molar-refractivity contribution in [1.82, 2.24) is 9.47 Å².